The van der Waals surface area contributed by atoms with Crippen LogP contribution in [0.2, 0.25) is 0 Å². The van der Waals surface area contributed by atoms with Crippen LogP contribution < -0.4 is 5.32 Å². The Hall–Kier alpha value is -3.16. The Morgan fingerprint density at radius 3 is 2.47 bits per heavy atom. The molecule has 30 heavy (non-hydrogen) atoms. The minimum Gasteiger partial charge on any atom is -0.507 e. The zero-order chi connectivity index (χ0) is 21.4. The van der Waals surface area contributed by atoms with Crippen molar-refractivity contribution in [2.45, 2.75) is 12.8 Å². The molecule has 2 aromatic heterocycles. The highest BCUT2D eigenvalue weighted by atomic mass is 16.3. The minimum atomic E-state index is 0.0781. The van der Waals surface area contributed by atoms with Gasteiger partial charge >= 0.3 is 0 Å². The zero-order valence-corrected chi connectivity index (χ0v) is 17.5. The number of aromatic nitrogens is 2. The number of benzene rings is 2. The molecule has 2 heterocycles. The maximum absolute atomic E-state index is 11.2. The van der Waals surface area contributed by atoms with E-state index in [1.807, 2.05) is 45.5 Å². The number of H-pyrrole nitrogens is 2. The number of phenolic OH excluding ortho intramolecular Hbond substituents is 2. The summed E-state index contributed by atoms with van der Waals surface area (Å²) in [6.45, 7) is 1.55. The fourth-order valence-corrected chi connectivity index (χ4v) is 4.10. The molecule has 0 unspecified atom stereocenters. The van der Waals surface area contributed by atoms with Crippen molar-refractivity contribution in [2.24, 2.45) is 0 Å². The van der Waals surface area contributed by atoms with Crippen LogP contribution in [0.1, 0.15) is 11.1 Å². The van der Waals surface area contributed by atoms with Crippen molar-refractivity contribution in [3.05, 3.63) is 41.6 Å². The lowest BCUT2D eigenvalue weighted by Crippen LogP contribution is -2.14. The van der Waals surface area contributed by atoms with Gasteiger partial charge in [0.05, 0.1) is 11.0 Å². The molecule has 0 atom stereocenters. The molecular formula is C23H28N4O3. The second-order valence-corrected chi connectivity index (χ2v) is 7.94. The molecule has 0 aliphatic carbocycles. The van der Waals surface area contributed by atoms with E-state index in [4.69, 9.17) is 0 Å². The van der Waals surface area contributed by atoms with Gasteiger partial charge in [0.2, 0.25) is 0 Å². The van der Waals surface area contributed by atoms with Crippen molar-refractivity contribution in [3.63, 3.8) is 0 Å². The SMILES string of the molecule is CNCCc1c(O)[nH]c2ccc(-c3ccc(O)c4c(CCN(C)C)c[nH]c34)c(O)c12. The summed E-state index contributed by atoms with van der Waals surface area (Å²) < 4.78 is 0. The molecular weight excluding hydrogens is 380 g/mol. The Morgan fingerprint density at radius 1 is 0.967 bits per heavy atom. The topological polar surface area (TPSA) is 108 Å². The van der Waals surface area contributed by atoms with E-state index >= 15 is 0 Å². The first-order chi connectivity index (χ1) is 14.4. The lowest BCUT2D eigenvalue weighted by molar-refractivity contribution is 0.414. The van der Waals surface area contributed by atoms with Gasteiger partial charge in [0.25, 0.3) is 0 Å². The van der Waals surface area contributed by atoms with Gasteiger partial charge in [-0.2, -0.15) is 0 Å². The van der Waals surface area contributed by atoms with E-state index in [2.05, 4.69) is 20.2 Å². The summed E-state index contributed by atoms with van der Waals surface area (Å²) >= 11 is 0. The van der Waals surface area contributed by atoms with E-state index in [9.17, 15) is 15.3 Å². The molecule has 158 valence electrons. The zero-order valence-electron chi connectivity index (χ0n) is 17.5. The molecule has 0 spiro atoms. The summed E-state index contributed by atoms with van der Waals surface area (Å²) in [5.41, 5.74) is 4.65. The Bertz CT molecular complexity index is 1210. The van der Waals surface area contributed by atoms with Gasteiger partial charge in [-0.25, -0.2) is 0 Å². The second-order valence-electron chi connectivity index (χ2n) is 7.94. The fourth-order valence-electron chi connectivity index (χ4n) is 4.10. The number of phenols is 2. The highest BCUT2D eigenvalue weighted by Gasteiger charge is 2.20. The number of aromatic amines is 2. The standard InChI is InChI=1S/C23H28N4O3/c1-24-10-8-16-20-17(26-23(16)30)6-4-15(22(20)29)14-5-7-18(28)19-13(9-11-27(2)3)12-25-21(14)19/h4-7,12,24-26,28-30H,8-11H2,1-3H3. The molecule has 0 fully saturated rings. The number of rotatable bonds is 7. The fraction of sp³-hybridized carbons (Fsp3) is 0.304. The monoisotopic (exact) mass is 408 g/mol. The number of fused-ring (bicyclic) bond motifs is 2. The minimum absolute atomic E-state index is 0.0781. The van der Waals surface area contributed by atoms with E-state index in [0.717, 1.165) is 35.0 Å². The molecule has 0 radical (unpaired) electrons. The molecule has 0 saturated heterocycles. The quantitative estimate of drug-likeness (QED) is 0.281. The molecule has 0 aliphatic rings. The third-order valence-corrected chi connectivity index (χ3v) is 5.66. The van der Waals surface area contributed by atoms with Gasteiger partial charge in [0, 0.05) is 40.2 Å². The number of hydrogen-bond acceptors (Lipinski definition) is 5. The number of aromatic hydroxyl groups is 3. The van der Waals surface area contributed by atoms with Crippen LogP contribution in [0.4, 0.5) is 0 Å². The number of nitrogens with one attached hydrogen (secondary N) is 3. The van der Waals surface area contributed by atoms with E-state index in [-0.39, 0.29) is 17.4 Å². The summed E-state index contributed by atoms with van der Waals surface area (Å²) in [6.07, 6.45) is 3.31. The van der Waals surface area contributed by atoms with Crippen LogP contribution in [0.15, 0.2) is 30.5 Å². The van der Waals surface area contributed by atoms with Crippen molar-refractivity contribution in [2.75, 3.05) is 34.2 Å². The predicted octanol–water partition coefficient (Wildman–Crippen LogP) is 3.30. The maximum atomic E-state index is 11.2. The Balaban J connectivity index is 1.88. The van der Waals surface area contributed by atoms with Crippen LogP contribution >= 0.6 is 0 Å². The van der Waals surface area contributed by atoms with Crippen molar-refractivity contribution < 1.29 is 15.3 Å². The molecule has 7 heteroatoms. The third-order valence-electron chi connectivity index (χ3n) is 5.66. The first-order valence-corrected chi connectivity index (χ1v) is 10.1. The number of hydrogen-bond donors (Lipinski definition) is 6. The first-order valence-electron chi connectivity index (χ1n) is 10.1. The van der Waals surface area contributed by atoms with Gasteiger partial charge < -0.3 is 35.5 Å². The smallest absolute Gasteiger partial charge is 0.192 e. The molecule has 0 saturated carbocycles. The third kappa shape index (κ3) is 3.36. The van der Waals surface area contributed by atoms with E-state index in [1.54, 1.807) is 6.07 Å². The van der Waals surface area contributed by atoms with Crippen LogP contribution in [0.3, 0.4) is 0 Å². The summed E-state index contributed by atoms with van der Waals surface area (Å²) in [4.78, 5) is 8.34. The maximum Gasteiger partial charge on any atom is 0.192 e. The van der Waals surface area contributed by atoms with Gasteiger partial charge in [-0.15, -0.1) is 0 Å². The Kier molecular flexibility index (Phi) is 5.32. The van der Waals surface area contributed by atoms with Gasteiger partial charge in [0.15, 0.2) is 5.88 Å². The van der Waals surface area contributed by atoms with Gasteiger partial charge in [0.1, 0.15) is 11.5 Å². The average Bonchev–Trinajstić information content (AvgIpc) is 3.28. The van der Waals surface area contributed by atoms with Crippen molar-refractivity contribution in [3.8, 4) is 28.5 Å². The van der Waals surface area contributed by atoms with Crippen molar-refractivity contribution in [1.82, 2.24) is 20.2 Å². The van der Waals surface area contributed by atoms with Crippen LogP contribution in [-0.2, 0) is 12.8 Å². The van der Waals surface area contributed by atoms with Crippen LogP contribution in [0.25, 0.3) is 32.9 Å². The van der Waals surface area contributed by atoms with Crippen molar-refractivity contribution >= 4 is 21.8 Å². The lowest BCUT2D eigenvalue weighted by Gasteiger charge is -2.11. The Morgan fingerprint density at radius 2 is 1.73 bits per heavy atom. The first kappa shape index (κ1) is 20.1. The highest BCUT2D eigenvalue weighted by molar-refractivity contribution is 6.04. The Labute approximate surface area is 175 Å². The molecule has 0 aliphatic heterocycles. The highest BCUT2D eigenvalue weighted by Crippen LogP contribution is 2.44. The molecule has 6 N–H and O–H groups in total. The largest absolute Gasteiger partial charge is 0.507 e. The molecule has 4 aromatic rings. The summed E-state index contributed by atoms with van der Waals surface area (Å²) in [6, 6.07) is 7.18. The van der Waals surface area contributed by atoms with Crippen LogP contribution in [0, 0.1) is 0 Å². The second kappa shape index (κ2) is 7.93. The molecule has 0 amide bonds. The van der Waals surface area contributed by atoms with Gasteiger partial charge in [-0.1, -0.05) is 0 Å². The van der Waals surface area contributed by atoms with Crippen molar-refractivity contribution in [1.29, 1.82) is 0 Å². The normalized spacial score (nSPS) is 11.9. The van der Waals surface area contributed by atoms with E-state index < -0.39 is 0 Å². The molecule has 0 bridgehead atoms. The summed E-state index contributed by atoms with van der Waals surface area (Å²) in [5.74, 6) is 0.416. The van der Waals surface area contributed by atoms with Crippen LogP contribution in [-0.4, -0.2) is 64.4 Å². The van der Waals surface area contributed by atoms with E-state index in [1.165, 1.54) is 0 Å². The number of nitrogens with zero attached hydrogens (tertiary/aromatic N) is 1. The van der Waals surface area contributed by atoms with E-state index in [0.29, 0.717) is 35.0 Å². The molecule has 4 rings (SSSR count). The summed E-state index contributed by atoms with van der Waals surface area (Å²) in [7, 11) is 5.89. The molecule has 7 nitrogen and oxygen atoms in total. The molecule has 2 aromatic carbocycles. The summed E-state index contributed by atoms with van der Waals surface area (Å²) in [5, 5.41) is 36.5. The number of likely N-dealkylation sites (N-methyl/N-ethyl adjacent to an activating group) is 2. The van der Waals surface area contributed by atoms with Crippen LogP contribution in [0.5, 0.6) is 17.4 Å². The average molecular weight is 409 g/mol. The lowest BCUT2D eigenvalue weighted by atomic mass is 9.97. The van der Waals surface area contributed by atoms with Gasteiger partial charge in [-0.05, 0) is 70.4 Å². The van der Waals surface area contributed by atoms with Gasteiger partial charge in [-0.3, -0.25) is 0 Å². The predicted molar refractivity (Wildman–Crippen MR) is 120 cm³/mol.